The Hall–Kier alpha value is -3.72. The van der Waals surface area contributed by atoms with E-state index in [1.165, 1.54) is 31.6 Å². The molecule has 0 unspecified atom stereocenters. The number of hydrogen-bond acceptors (Lipinski definition) is 8. The van der Waals surface area contributed by atoms with E-state index in [1.54, 1.807) is 53.4 Å². The van der Waals surface area contributed by atoms with Crippen molar-refractivity contribution in [2.45, 2.75) is 13.8 Å². The third kappa shape index (κ3) is 4.62. The summed E-state index contributed by atoms with van der Waals surface area (Å²) in [5, 5.41) is 3.39. The van der Waals surface area contributed by atoms with Crippen LogP contribution >= 0.6 is 11.3 Å². The maximum absolute atomic E-state index is 12.7. The van der Waals surface area contributed by atoms with E-state index in [9.17, 15) is 19.2 Å². The molecule has 8 nitrogen and oxygen atoms in total. The van der Waals surface area contributed by atoms with Crippen molar-refractivity contribution in [3.05, 3.63) is 74.7 Å². The molecule has 0 N–H and O–H groups in total. The van der Waals surface area contributed by atoms with Crippen molar-refractivity contribution in [2.24, 2.45) is 0 Å². The number of ether oxygens (including phenoxy) is 3. The number of benzene rings is 1. The number of Topliss-reactive ketones (excluding diaryl/α,β-unsaturated/α-hetero) is 1. The van der Waals surface area contributed by atoms with Crippen molar-refractivity contribution >= 4 is 35.0 Å². The van der Waals surface area contributed by atoms with Gasteiger partial charge in [-0.05, 0) is 49.6 Å². The summed E-state index contributed by atoms with van der Waals surface area (Å²) in [5.74, 6) is -2.17. The van der Waals surface area contributed by atoms with Gasteiger partial charge >= 0.3 is 17.9 Å². The van der Waals surface area contributed by atoms with E-state index in [0.29, 0.717) is 28.2 Å². The molecule has 0 aliphatic heterocycles. The predicted octanol–water partition coefficient (Wildman–Crippen LogP) is 3.77. The molecule has 3 rings (SSSR count). The number of thiophene rings is 1. The van der Waals surface area contributed by atoms with Crippen molar-refractivity contribution in [2.75, 3.05) is 20.8 Å². The molecule has 0 saturated heterocycles. The zero-order chi connectivity index (χ0) is 23.4. The lowest BCUT2D eigenvalue weighted by Crippen LogP contribution is -2.15. The van der Waals surface area contributed by atoms with Crippen molar-refractivity contribution in [1.29, 1.82) is 0 Å². The molecule has 2 heterocycles. The normalized spacial score (nSPS) is 10.5. The number of aryl methyl sites for hydroxylation is 1. The third-order valence-electron chi connectivity index (χ3n) is 4.84. The van der Waals surface area contributed by atoms with E-state index < -0.39 is 24.5 Å². The van der Waals surface area contributed by atoms with Crippen molar-refractivity contribution < 1.29 is 33.4 Å². The molecule has 0 saturated carbocycles. The molecule has 0 aliphatic carbocycles. The number of aromatic nitrogens is 1. The van der Waals surface area contributed by atoms with Gasteiger partial charge in [0.1, 0.15) is 0 Å². The third-order valence-corrected chi connectivity index (χ3v) is 5.52. The lowest BCUT2D eigenvalue weighted by molar-refractivity contribution is 0.0475. The first-order valence-corrected chi connectivity index (χ1v) is 10.4. The molecule has 0 bridgehead atoms. The predicted molar refractivity (Wildman–Crippen MR) is 117 cm³/mol. The number of hydrogen-bond donors (Lipinski definition) is 0. The first kappa shape index (κ1) is 23.0. The van der Waals surface area contributed by atoms with E-state index >= 15 is 0 Å². The summed E-state index contributed by atoms with van der Waals surface area (Å²) < 4.78 is 16.4. The van der Waals surface area contributed by atoms with Crippen LogP contribution in [0, 0.1) is 13.8 Å². The van der Waals surface area contributed by atoms with Crippen LogP contribution in [0.3, 0.4) is 0 Å². The average Bonchev–Trinajstić information content (AvgIpc) is 3.43. The fourth-order valence-electron chi connectivity index (χ4n) is 3.33. The second-order valence-corrected chi connectivity index (χ2v) is 7.66. The molecule has 0 fully saturated rings. The minimum absolute atomic E-state index is 0.162. The largest absolute Gasteiger partial charge is 0.465 e. The van der Waals surface area contributed by atoms with Crippen LogP contribution in [-0.2, 0) is 14.2 Å². The number of nitrogens with zero attached hydrogens (tertiary/aromatic N) is 1. The smallest absolute Gasteiger partial charge is 0.339 e. The first-order chi connectivity index (χ1) is 15.3. The molecular weight excluding hydrogens is 434 g/mol. The Morgan fingerprint density at radius 1 is 0.875 bits per heavy atom. The second-order valence-electron chi connectivity index (χ2n) is 6.88. The van der Waals surface area contributed by atoms with Gasteiger partial charge in [-0.2, -0.15) is 11.3 Å². The van der Waals surface area contributed by atoms with Crippen molar-refractivity contribution in [1.82, 2.24) is 4.57 Å². The number of rotatable bonds is 7. The van der Waals surface area contributed by atoms with Crippen LogP contribution in [0.1, 0.15) is 52.8 Å². The highest BCUT2D eigenvalue weighted by Gasteiger charge is 2.21. The van der Waals surface area contributed by atoms with E-state index in [-0.39, 0.29) is 16.9 Å². The maximum Gasteiger partial charge on any atom is 0.339 e. The van der Waals surface area contributed by atoms with Crippen molar-refractivity contribution in [3.8, 4) is 5.69 Å². The van der Waals surface area contributed by atoms with Gasteiger partial charge in [0.15, 0.2) is 6.61 Å². The van der Waals surface area contributed by atoms with E-state index in [1.807, 2.05) is 0 Å². The molecule has 0 spiro atoms. The Balaban J connectivity index is 1.94. The summed E-state index contributed by atoms with van der Waals surface area (Å²) in [5.41, 5.74) is 2.82. The van der Waals surface area contributed by atoms with Gasteiger partial charge in [-0.15, -0.1) is 0 Å². The number of carbonyl (C=O) groups is 4. The number of carbonyl (C=O) groups excluding carboxylic acids is 4. The molecule has 9 heteroatoms. The molecule has 3 aromatic rings. The quantitative estimate of drug-likeness (QED) is 0.304. The monoisotopic (exact) mass is 455 g/mol. The van der Waals surface area contributed by atoms with Crippen LogP contribution in [0.25, 0.3) is 5.69 Å². The summed E-state index contributed by atoms with van der Waals surface area (Å²) in [6, 6.07) is 7.78. The van der Waals surface area contributed by atoms with Gasteiger partial charge in [0.25, 0.3) is 0 Å². The zero-order valence-electron chi connectivity index (χ0n) is 18.0. The molecular formula is C23H21NO7S. The highest BCUT2D eigenvalue weighted by molar-refractivity contribution is 7.08. The summed E-state index contributed by atoms with van der Waals surface area (Å²) in [6.07, 6.45) is 0. The van der Waals surface area contributed by atoms with E-state index in [4.69, 9.17) is 14.2 Å². The number of methoxy groups -OCH3 is 2. The van der Waals surface area contributed by atoms with Crippen LogP contribution in [0.4, 0.5) is 0 Å². The topological polar surface area (TPSA) is 101 Å². The van der Waals surface area contributed by atoms with Crippen LogP contribution in [-0.4, -0.2) is 49.1 Å². The molecule has 2 aromatic heterocycles. The van der Waals surface area contributed by atoms with Gasteiger partial charge < -0.3 is 18.8 Å². The summed E-state index contributed by atoms with van der Waals surface area (Å²) in [6.45, 7) is 3.10. The first-order valence-electron chi connectivity index (χ1n) is 9.50. The molecule has 0 aliphatic rings. The van der Waals surface area contributed by atoms with Gasteiger partial charge in [-0.1, -0.05) is 0 Å². The van der Waals surface area contributed by atoms with Gasteiger partial charge in [-0.25, -0.2) is 14.4 Å². The van der Waals surface area contributed by atoms with Crippen LogP contribution in [0.15, 0.2) is 41.1 Å². The SMILES string of the molecule is COC(=O)c1cc(C(=O)OC)cc(-n2c(C)cc(C(=O)COC(=O)c3ccsc3)c2C)c1. The van der Waals surface area contributed by atoms with E-state index in [0.717, 1.165) is 0 Å². The highest BCUT2D eigenvalue weighted by atomic mass is 32.1. The van der Waals surface area contributed by atoms with Gasteiger partial charge in [0, 0.05) is 28.0 Å². The second kappa shape index (κ2) is 9.61. The van der Waals surface area contributed by atoms with E-state index in [2.05, 4.69) is 0 Å². The standard InChI is InChI=1S/C23H21NO7S/c1-13-7-19(20(25)11-31-23(28)15-5-6-32-12-15)14(2)24(13)18-9-16(21(26)29-3)8-17(10-18)22(27)30-4/h5-10,12H,11H2,1-4H3. The maximum atomic E-state index is 12.7. The highest BCUT2D eigenvalue weighted by Crippen LogP contribution is 2.24. The van der Waals surface area contributed by atoms with Gasteiger partial charge in [-0.3, -0.25) is 4.79 Å². The summed E-state index contributed by atoms with van der Waals surface area (Å²) in [7, 11) is 2.49. The van der Waals surface area contributed by atoms with Gasteiger partial charge in [0.2, 0.25) is 5.78 Å². The Morgan fingerprint density at radius 3 is 2.03 bits per heavy atom. The molecule has 0 radical (unpaired) electrons. The molecule has 1 aromatic carbocycles. The summed E-state index contributed by atoms with van der Waals surface area (Å²) >= 11 is 1.36. The minimum Gasteiger partial charge on any atom is -0.465 e. The average molecular weight is 455 g/mol. The Labute approximate surface area is 188 Å². The Kier molecular flexibility index (Phi) is 6.89. The Bertz CT molecular complexity index is 1160. The van der Waals surface area contributed by atoms with Crippen LogP contribution in [0.5, 0.6) is 0 Å². The molecule has 0 amide bonds. The molecule has 166 valence electrons. The Morgan fingerprint density at radius 2 is 1.50 bits per heavy atom. The molecule has 32 heavy (non-hydrogen) atoms. The minimum atomic E-state index is -0.615. The lowest BCUT2D eigenvalue weighted by Gasteiger charge is -2.13. The lowest BCUT2D eigenvalue weighted by atomic mass is 10.1. The van der Waals surface area contributed by atoms with Crippen LogP contribution in [0.2, 0.25) is 0 Å². The van der Waals surface area contributed by atoms with Crippen LogP contribution < -0.4 is 0 Å². The fourth-order valence-corrected chi connectivity index (χ4v) is 3.95. The zero-order valence-corrected chi connectivity index (χ0v) is 18.8. The number of esters is 3. The van der Waals surface area contributed by atoms with Crippen molar-refractivity contribution in [3.63, 3.8) is 0 Å². The number of ketones is 1. The van der Waals surface area contributed by atoms with Gasteiger partial charge in [0.05, 0.1) is 30.9 Å². The summed E-state index contributed by atoms with van der Waals surface area (Å²) in [4.78, 5) is 49.0. The fraction of sp³-hybridized carbons (Fsp3) is 0.217. The molecule has 0 atom stereocenters.